The number of alkyl halides is 3. The minimum absolute atomic E-state index is 0.226. The zero-order valence-corrected chi connectivity index (χ0v) is 13.6. The van der Waals surface area contributed by atoms with Crippen LogP contribution in [0.2, 0.25) is 0 Å². The predicted molar refractivity (Wildman–Crippen MR) is 81.5 cm³/mol. The summed E-state index contributed by atoms with van der Waals surface area (Å²) in [5.41, 5.74) is -3.08. The van der Waals surface area contributed by atoms with Crippen molar-refractivity contribution in [2.24, 2.45) is 0 Å². The smallest absolute Gasteiger partial charge is 0.263 e. The highest BCUT2D eigenvalue weighted by molar-refractivity contribution is 7.87. The summed E-state index contributed by atoms with van der Waals surface area (Å²) in [5.74, 6) is 0.561. The molecule has 0 heterocycles. The van der Waals surface area contributed by atoms with E-state index in [0.717, 1.165) is 5.56 Å². The normalized spacial score (nSPS) is 17.3. The molecule has 0 aromatic heterocycles. The first-order chi connectivity index (χ1) is 10.8. The maximum Gasteiger partial charge on any atom is 0.523 e. The Bertz CT molecular complexity index is 605. The van der Waals surface area contributed by atoms with Gasteiger partial charge in [-0.25, -0.2) is 0 Å². The molecular weight excluding hydrogens is 329 g/mol. The number of aryl methyl sites for hydroxylation is 1. The summed E-state index contributed by atoms with van der Waals surface area (Å²) in [6.45, 7) is -0.463. The number of rotatable bonds is 6. The van der Waals surface area contributed by atoms with Gasteiger partial charge in [-0.2, -0.15) is 21.6 Å². The molecule has 7 heteroatoms. The number of hydrogen-bond donors (Lipinski definition) is 0. The molecule has 0 bridgehead atoms. The van der Waals surface area contributed by atoms with Gasteiger partial charge in [0.25, 0.3) is 0 Å². The summed E-state index contributed by atoms with van der Waals surface area (Å²) < 4.78 is 62.0. The molecule has 1 aliphatic rings. The largest absolute Gasteiger partial charge is 0.523 e. The molecule has 130 valence electrons. The van der Waals surface area contributed by atoms with Crippen LogP contribution in [0.3, 0.4) is 0 Å². The minimum Gasteiger partial charge on any atom is -0.263 e. The molecule has 1 saturated carbocycles. The molecule has 0 N–H and O–H groups in total. The lowest BCUT2D eigenvalue weighted by Crippen LogP contribution is -2.26. The second kappa shape index (κ2) is 7.66. The Labute approximate surface area is 135 Å². The predicted octanol–water partition coefficient (Wildman–Crippen LogP) is 4.53. The Morgan fingerprint density at radius 1 is 1.13 bits per heavy atom. The van der Waals surface area contributed by atoms with Gasteiger partial charge in [-0.1, -0.05) is 43.5 Å². The summed E-state index contributed by atoms with van der Waals surface area (Å²) >= 11 is 0. The van der Waals surface area contributed by atoms with E-state index in [1.807, 2.05) is 12.1 Å². The SMILES string of the molecule is O=S(=O)(OCCCc1cccc(C2CCCCC2)c1)C(F)(F)F. The van der Waals surface area contributed by atoms with E-state index in [1.165, 1.54) is 37.7 Å². The third-order valence-corrected chi connectivity index (χ3v) is 5.20. The Morgan fingerprint density at radius 2 is 1.83 bits per heavy atom. The summed E-state index contributed by atoms with van der Waals surface area (Å²) in [4.78, 5) is 0. The van der Waals surface area contributed by atoms with Crippen molar-refractivity contribution in [3.8, 4) is 0 Å². The summed E-state index contributed by atoms with van der Waals surface area (Å²) in [6, 6.07) is 8.02. The van der Waals surface area contributed by atoms with E-state index in [4.69, 9.17) is 0 Å². The average Bonchev–Trinajstić information content (AvgIpc) is 2.52. The molecule has 0 radical (unpaired) electrons. The van der Waals surface area contributed by atoms with Gasteiger partial charge < -0.3 is 0 Å². The van der Waals surface area contributed by atoms with Crippen molar-refractivity contribution in [1.29, 1.82) is 0 Å². The molecule has 0 spiro atoms. The Hall–Kier alpha value is -1.08. The van der Waals surface area contributed by atoms with Crippen LogP contribution in [-0.2, 0) is 20.7 Å². The van der Waals surface area contributed by atoms with Gasteiger partial charge in [-0.15, -0.1) is 0 Å². The third kappa shape index (κ3) is 5.21. The van der Waals surface area contributed by atoms with Crippen LogP contribution in [0.15, 0.2) is 24.3 Å². The average molecular weight is 350 g/mol. The van der Waals surface area contributed by atoms with E-state index in [1.54, 1.807) is 0 Å². The quantitative estimate of drug-likeness (QED) is 0.430. The van der Waals surface area contributed by atoms with Crippen molar-refractivity contribution < 1.29 is 25.8 Å². The molecule has 0 aliphatic heterocycles. The van der Waals surface area contributed by atoms with Gasteiger partial charge in [0.15, 0.2) is 0 Å². The van der Waals surface area contributed by atoms with Crippen LogP contribution in [0.4, 0.5) is 13.2 Å². The second-order valence-corrected chi connectivity index (χ2v) is 7.51. The number of halogens is 3. The second-order valence-electron chi connectivity index (χ2n) is 5.91. The lowest BCUT2D eigenvalue weighted by Gasteiger charge is -2.22. The van der Waals surface area contributed by atoms with Crippen LogP contribution in [0.5, 0.6) is 0 Å². The maximum absolute atomic E-state index is 12.1. The zero-order valence-electron chi connectivity index (χ0n) is 12.8. The van der Waals surface area contributed by atoms with Gasteiger partial charge in [0, 0.05) is 0 Å². The van der Waals surface area contributed by atoms with Crippen LogP contribution in [0.25, 0.3) is 0 Å². The first-order valence-corrected chi connectivity index (χ1v) is 9.25. The van der Waals surface area contributed by atoms with Crippen molar-refractivity contribution in [2.45, 2.75) is 56.4 Å². The lowest BCUT2D eigenvalue weighted by atomic mass is 9.83. The Kier molecular flexibility index (Phi) is 6.08. The van der Waals surface area contributed by atoms with E-state index in [2.05, 4.69) is 16.3 Å². The van der Waals surface area contributed by atoms with Crippen molar-refractivity contribution in [3.63, 3.8) is 0 Å². The molecule has 3 nitrogen and oxygen atoms in total. The van der Waals surface area contributed by atoms with Crippen LogP contribution < -0.4 is 0 Å². The van der Waals surface area contributed by atoms with Crippen molar-refractivity contribution >= 4 is 10.1 Å². The van der Waals surface area contributed by atoms with E-state index < -0.39 is 22.2 Å². The Balaban J connectivity index is 1.84. The minimum atomic E-state index is -5.48. The third-order valence-electron chi connectivity index (χ3n) is 4.16. The number of hydrogen-bond acceptors (Lipinski definition) is 3. The fourth-order valence-corrected chi connectivity index (χ4v) is 3.42. The molecule has 2 rings (SSSR count). The standard InChI is InChI=1S/C16H21F3O3S/c17-16(18,19)23(20,21)22-11-5-7-13-6-4-10-15(12-13)14-8-2-1-3-9-14/h4,6,10,12,14H,1-3,5,7-9,11H2. The highest BCUT2D eigenvalue weighted by Gasteiger charge is 2.47. The van der Waals surface area contributed by atoms with Crippen molar-refractivity contribution in [3.05, 3.63) is 35.4 Å². The summed E-state index contributed by atoms with van der Waals surface area (Å²) in [5, 5.41) is 0. The molecular formula is C16H21F3O3S. The maximum atomic E-state index is 12.1. The summed E-state index contributed by atoms with van der Waals surface area (Å²) in [6.07, 6.45) is 6.82. The van der Waals surface area contributed by atoms with E-state index in [9.17, 15) is 21.6 Å². The number of benzene rings is 1. The van der Waals surface area contributed by atoms with E-state index >= 15 is 0 Å². The first kappa shape index (κ1) is 18.3. The molecule has 0 atom stereocenters. The topological polar surface area (TPSA) is 43.4 Å². The van der Waals surface area contributed by atoms with Gasteiger partial charge in [-0.05, 0) is 42.7 Å². The highest BCUT2D eigenvalue weighted by atomic mass is 32.2. The molecule has 1 aliphatic carbocycles. The molecule has 0 saturated heterocycles. The molecule has 0 unspecified atom stereocenters. The molecule has 23 heavy (non-hydrogen) atoms. The van der Waals surface area contributed by atoms with Gasteiger partial charge in [0.05, 0.1) is 6.61 Å². The Morgan fingerprint density at radius 3 is 2.48 bits per heavy atom. The van der Waals surface area contributed by atoms with Gasteiger partial charge >= 0.3 is 15.6 Å². The van der Waals surface area contributed by atoms with E-state index in [-0.39, 0.29) is 6.42 Å². The molecule has 0 amide bonds. The van der Waals surface area contributed by atoms with Gasteiger partial charge in [0.2, 0.25) is 0 Å². The van der Waals surface area contributed by atoms with Crippen LogP contribution in [0.1, 0.15) is 55.6 Å². The van der Waals surface area contributed by atoms with Crippen LogP contribution in [-0.4, -0.2) is 20.5 Å². The van der Waals surface area contributed by atoms with Crippen molar-refractivity contribution in [1.82, 2.24) is 0 Å². The lowest BCUT2D eigenvalue weighted by molar-refractivity contribution is -0.0542. The first-order valence-electron chi connectivity index (χ1n) is 7.84. The molecule has 1 aromatic carbocycles. The summed E-state index contributed by atoms with van der Waals surface area (Å²) in [7, 11) is -5.48. The van der Waals surface area contributed by atoms with Gasteiger partial charge in [-0.3, -0.25) is 4.18 Å². The van der Waals surface area contributed by atoms with Crippen molar-refractivity contribution in [2.75, 3.05) is 6.61 Å². The fraction of sp³-hybridized carbons (Fsp3) is 0.625. The van der Waals surface area contributed by atoms with Crippen LogP contribution in [0, 0.1) is 0 Å². The fourth-order valence-electron chi connectivity index (χ4n) is 2.95. The monoisotopic (exact) mass is 350 g/mol. The van der Waals surface area contributed by atoms with E-state index in [0.29, 0.717) is 12.3 Å². The van der Waals surface area contributed by atoms with Crippen LogP contribution >= 0.6 is 0 Å². The molecule has 1 fully saturated rings. The highest BCUT2D eigenvalue weighted by Crippen LogP contribution is 2.33. The van der Waals surface area contributed by atoms with Gasteiger partial charge in [0.1, 0.15) is 0 Å². The zero-order chi connectivity index (χ0) is 16.9. The molecule has 1 aromatic rings.